The largest absolute Gasteiger partial charge is 0.861 e. The molecule has 0 aliphatic carbocycles. The van der Waals surface area contributed by atoms with Crippen molar-refractivity contribution in [2.75, 3.05) is 11.5 Å². The van der Waals surface area contributed by atoms with Gasteiger partial charge in [-0.1, -0.05) is 47.6 Å². The summed E-state index contributed by atoms with van der Waals surface area (Å²) in [7, 11) is 1.64. The number of benzene rings is 1. The molecule has 0 amide bonds. The third-order valence-electron chi connectivity index (χ3n) is 4.19. The molecule has 0 fully saturated rings. The van der Waals surface area contributed by atoms with E-state index in [0.717, 1.165) is 23.7 Å². The number of hydrogen-bond donors (Lipinski definition) is 1. The van der Waals surface area contributed by atoms with Gasteiger partial charge in [0.2, 0.25) is 0 Å². The van der Waals surface area contributed by atoms with Crippen molar-refractivity contribution in [2.24, 2.45) is 12.0 Å². The quantitative estimate of drug-likeness (QED) is 0.274. The highest BCUT2D eigenvalue weighted by Gasteiger charge is 2.20. The van der Waals surface area contributed by atoms with Crippen molar-refractivity contribution in [2.45, 2.75) is 18.4 Å². The normalized spacial score (nSPS) is 11.1. The van der Waals surface area contributed by atoms with Gasteiger partial charge in [0.25, 0.3) is 6.20 Å². The number of nitrogen functional groups attached to an aromatic ring is 1. The fourth-order valence-corrected chi connectivity index (χ4v) is 3.53. The molecule has 3 rings (SSSR count). The van der Waals surface area contributed by atoms with Gasteiger partial charge in [0, 0.05) is 11.3 Å². The summed E-state index contributed by atoms with van der Waals surface area (Å²) in [6, 6.07) is 11.7. The zero-order chi connectivity index (χ0) is 21.7. The predicted octanol–water partition coefficient (Wildman–Crippen LogP) is 1.63. The smallest absolute Gasteiger partial charge is 0.320 e. The zero-order valence-electron chi connectivity index (χ0n) is 16.3. The molecular weight excluding hydrogens is 402 g/mol. The molecule has 0 radical (unpaired) electrons. The molecule has 9 nitrogen and oxygen atoms in total. The summed E-state index contributed by atoms with van der Waals surface area (Å²) in [4.78, 5) is 7.98. The van der Waals surface area contributed by atoms with Crippen molar-refractivity contribution >= 4 is 29.4 Å². The van der Waals surface area contributed by atoms with Crippen LogP contribution in [0.15, 0.2) is 45.0 Å². The topological polar surface area (TPSA) is 152 Å². The lowest BCUT2D eigenvalue weighted by Crippen LogP contribution is -2.27. The number of pyridine rings is 1. The lowest BCUT2D eigenvalue weighted by atomic mass is 9.96. The molecule has 30 heavy (non-hydrogen) atoms. The number of anilines is 1. The number of thioether (sulfide) groups is 1. The van der Waals surface area contributed by atoms with Gasteiger partial charge in [-0.25, -0.2) is 9.98 Å². The standard InChI is InChI=1S/C20H17N7O2S/c1-3-12-4-6-13(7-5-12)18-14(8-21)19(23)25-20(15(18)9-22)30-11-16(28)24-17-10-27(2)26-29-17/h4-7,10H,3,11H2,1-2H3,(H2-,23,24,25,26,28). The first-order chi connectivity index (χ1) is 14.5. The number of aromatic nitrogens is 3. The monoisotopic (exact) mass is 419 g/mol. The SMILES string of the molecule is CCc1ccc(-c2c(C#N)c(N)nc(SC/C([O-])=N/c3c[n+](C)no3)c2C#N)cc1. The van der Waals surface area contributed by atoms with Crippen molar-refractivity contribution in [3.05, 3.63) is 47.2 Å². The molecule has 2 aromatic heterocycles. The molecule has 0 aliphatic rings. The summed E-state index contributed by atoms with van der Waals surface area (Å²) < 4.78 is 6.25. The van der Waals surface area contributed by atoms with Crippen molar-refractivity contribution in [3.8, 4) is 23.3 Å². The lowest BCUT2D eigenvalue weighted by Gasteiger charge is -2.14. The van der Waals surface area contributed by atoms with Gasteiger partial charge in [-0.05, 0) is 23.4 Å². The van der Waals surface area contributed by atoms with Crippen LogP contribution in [-0.2, 0) is 13.5 Å². The highest BCUT2D eigenvalue weighted by Crippen LogP contribution is 2.35. The van der Waals surface area contributed by atoms with E-state index in [1.165, 1.54) is 10.9 Å². The third-order valence-corrected chi connectivity index (χ3v) is 5.15. The van der Waals surface area contributed by atoms with E-state index >= 15 is 0 Å². The number of nitriles is 2. The van der Waals surface area contributed by atoms with E-state index in [9.17, 15) is 15.6 Å². The van der Waals surface area contributed by atoms with Gasteiger partial charge in [0.1, 0.15) is 28.5 Å². The molecule has 0 unspecified atom stereocenters. The molecule has 0 aliphatic heterocycles. The molecule has 0 bridgehead atoms. The van der Waals surface area contributed by atoms with Crippen molar-refractivity contribution in [3.63, 3.8) is 0 Å². The fraction of sp³-hybridized carbons (Fsp3) is 0.200. The van der Waals surface area contributed by atoms with Crippen LogP contribution in [0.1, 0.15) is 23.6 Å². The summed E-state index contributed by atoms with van der Waals surface area (Å²) in [6.07, 6.45) is 2.32. The van der Waals surface area contributed by atoms with Crippen LogP contribution in [0.4, 0.5) is 11.7 Å². The number of hydrogen-bond acceptors (Lipinski definition) is 9. The predicted molar refractivity (Wildman–Crippen MR) is 108 cm³/mol. The molecule has 2 N–H and O–H groups in total. The first kappa shape index (κ1) is 20.8. The fourth-order valence-electron chi connectivity index (χ4n) is 2.75. The molecule has 1 aromatic carbocycles. The van der Waals surface area contributed by atoms with Gasteiger partial charge < -0.3 is 10.8 Å². The van der Waals surface area contributed by atoms with Gasteiger partial charge in [0.05, 0.1) is 5.56 Å². The van der Waals surface area contributed by atoms with Crippen LogP contribution in [-0.4, -0.2) is 21.9 Å². The average Bonchev–Trinajstić information content (AvgIpc) is 3.16. The summed E-state index contributed by atoms with van der Waals surface area (Å²) in [6.45, 7) is 2.04. The minimum absolute atomic E-state index is 0.000199. The van der Waals surface area contributed by atoms with Crippen molar-refractivity contribution < 1.29 is 14.3 Å². The Bertz CT molecular complexity index is 1190. The summed E-state index contributed by atoms with van der Waals surface area (Å²) in [5, 5.41) is 35.4. The first-order valence-electron chi connectivity index (χ1n) is 8.89. The molecule has 2 heterocycles. The number of aryl methyl sites for hydroxylation is 2. The van der Waals surface area contributed by atoms with Gasteiger partial charge in [0.15, 0.2) is 12.3 Å². The van der Waals surface area contributed by atoms with E-state index in [1.54, 1.807) is 7.05 Å². The van der Waals surface area contributed by atoms with E-state index in [1.807, 2.05) is 37.3 Å². The van der Waals surface area contributed by atoms with E-state index in [2.05, 4.69) is 21.3 Å². The van der Waals surface area contributed by atoms with Crippen LogP contribution in [0, 0.1) is 22.7 Å². The first-order valence-corrected chi connectivity index (χ1v) is 9.88. The Labute approximate surface area is 177 Å². The maximum absolute atomic E-state index is 12.1. The van der Waals surface area contributed by atoms with Crippen molar-refractivity contribution in [1.29, 1.82) is 10.5 Å². The lowest BCUT2D eigenvalue weighted by molar-refractivity contribution is -0.739. The van der Waals surface area contributed by atoms with Crippen LogP contribution < -0.4 is 15.5 Å². The third kappa shape index (κ3) is 4.40. The summed E-state index contributed by atoms with van der Waals surface area (Å²) in [5.74, 6) is -0.502. The van der Waals surface area contributed by atoms with E-state index < -0.39 is 5.90 Å². The van der Waals surface area contributed by atoms with Crippen LogP contribution in [0.5, 0.6) is 0 Å². The van der Waals surface area contributed by atoms with Gasteiger partial charge >= 0.3 is 5.88 Å². The van der Waals surface area contributed by atoms with Gasteiger partial charge in [-0.3, -0.25) is 4.52 Å². The molecule has 0 saturated heterocycles. The second kappa shape index (κ2) is 9.07. The molecule has 150 valence electrons. The average molecular weight is 419 g/mol. The van der Waals surface area contributed by atoms with Gasteiger partial charge in [-0.2, -0.15) is 10.5 Å². The number of nitrogens with two attached hydrogens (primary N) is 1. The number of aliphatic imine (C=N–C) groups is 1. The highest BCUT2D eigenvalue weighted by atomic mass is 32.2. The van der Waals surface area contributed by atoms with E-state index in [4.69, 9.17) is 10.3 Å². The Morgan fingerprint density at radius 2 is 1.97 bits per heavy atom. The van der Waals surface area contributed by atoms with Crippen LogP contribution in [0.2, 0.25) is 0 Å². The van der Waals surface area contributed by atoms with Crippen molar-refractivity contribution in [1.82, 2.24) is 10.3 Å². The Hall–Kier alpha value is -3.89. The molecular formula is C20H17N7O2S. The zero-order valence-corrected chi connectivity index (χ0v) is 17.1. The maximum Gasteiger partial charge on any atom is 0.320 e. The summed E-state index contributed by atoms with van der Waals surface area (Å²) >= 11 is 1.02. The minimum Gasteiger partial charge on any atom is -0.861 e. The minimum atomic E-state index is -0.487. The highest BCUT2D eigenvalue weighted by molar-refractivity contribution is 8.00. The Kier molecular flexibility index (Phi) is 6.30. The molecule has 0 saturated carbocycles. The second-order valence-electron chi connectivity index (χ2n) is 6.21. The number of rotatable bonds is 6. The molecule has 0 atom stereocenters. The Morgan fingerprint density at radius 3 is 2.53 bits per heavy atom. The van der Waals surface area contributed by atoms with Crippen LogP contribution in [0.25, 0.3) is 11.1 Å². The van der Waals surface area contributed by atoms with E-state index in [-0.39, 0.29) is 33.6 Å². The molecule has 0 spiro atoms. The Balaban J connectivity index is 1.99. The molecule has 10 heteroatoms. The second-order valence-corrected chi connectivity index (χ2v) is 7.17. The van der Waals surface area contributed by atoms with Crippen LogP contribution >= 0.6 is 11.8 Å². The summed E-state index contributed by atoms with van der Waals surface area (Å²) in [5.41, 5.74) is 8.52. The molecule has 3 aromatic rings. The van der Waals surface area contributed by atoms with E-state index in [0.29, 0.717) is 11.1 Å². The van der Waals surface area contributed by atoms with Gasteiger partial charge in [-0.15, -0.1) is 0 Å². The van der Waals surface area contributed by atoms with Crippen LogP contribution in [0.3, 0.4) is 0 Å². The maximum atomic E-state index is 12.1. The number of nitrogens with zero attached hydrogens (tertiary/aromatic N) is 6. The Morgan fingerprint density at radius 1 is 1.27 bits per heavy atom.